The minimum absolute atomic E-state index is 1.09. The molecule has 0 saturated carbocycles. The van der Waals surface area contributed by atoms with Gasteiger partial charge in [-0.15, -0.1) is 0 Å². The van der Waals surface area contributed by atoms with Gasteiger partial charge in [0.2, 0.25) is 0 Å². The lowest BCUT2D eigenvalue weighted by atomic mass is 9.90. The van der Waals surface area contributed by atoms with E-state index >= 15 is 0 Å². The predicted molar refractivity (Wildman–Crippen MR) is 247 cm³/mol. The zero-order valence-corrected chi connectivity index (χ0v) is 31.8. The number of benzene rings is 10. The number of aromatic nitrogens is 1. The largest absolute Gasteiger partial charge is 0.309 e. The molecule has 1 aromatic heterocycles. The van der Waals surface area contributed by atoms with Gasteiger partial charge in [0.25, 0.3) is 0 Å². The summed E-state index contributed by atoms with van der Waals surface area (Å²) in [5.74, 6) is 0. The Hall–Kier alpha value is -7.68. The van der Waals surface area contributed by atoms with Crippen molar-refractivity contribution >= 4 is 60.4 Å². The van der Waals surface area contributed by atoms with Crippen molar-refractivity contribution in [2.45, 2.75) is 0 Å². The Labute approximate surface area is 338 Å². The number of anilines is 3. The zero-order chi connectivity index (χ0) is 38.4. The van der Waals surface area contributed by atoms with Crippen LogP contribution < -0.4 is 4.90 Å². The molecule has 1 heterocycles. The average molecular weight is 739 g/mol. The van der Waals surface area contributed by atoms with Crippen molar-refractivity contribution in [2.75, 3.05) is 4.90 Å². The molecule has 0 saturated heterocycles. The lowest BCUT2D eigenvalue weighted by Gasteiger charge is -2.29. The summed E-state index contributed by atoms with van der Waals surface area (Å²) in [7, 11) is 0. The Morgan fingerprint density at radius 3 is 1.67 bits per heavy atom. The van der Waals surface area contributed by atoms with Crippen molar-refractivity contribution in [3.63, 3.8) is 0 Å². The second-order valence-electron chi connectivity index (χ2n) is 14.9. The Bertz CT molecular complexity index is 3260. The first-order valence-electron chi connectivity index (χ1n) is 19.9. The van der Waals surface area contributed by atoms with Crippen molar-refractivity contribution in [3.8, 4) is 39.1 Å². The van der Waals surface area contributed by atoms with Crippen LogP contribution in [0.5, 0.6) is 0 Å². The molecule has 0 aliphatic carbocycles. The summed E-state index contributed by atoms with van der Waals surface area (Å²) in [5, 5.41) is 7.37. The van der Waals surface area contributed by atoms with E-state index in [4.69, 9.17) is 0 Å². The van der Waals surface area contributed by atoms with Crippen molar-refractivity contribution in [3.05, 3.63) is 231 Å². The third-order valence-corrected chi connectivity index (χ3v) is 11.6. The number of para-hydroxylation sites is 4. The van der Waals surface area contributed by atoms with Gasteiger partial charge in [-0.2, -0.15) is 0 Å². The lowest BCUT2D eigenvalue weighted by Crippen LogP contribution is -2.12. The maximum atomic E-state index is 2.45. The fraction of sp³-hybridized carbons (Fsp3) is 0. The fourth-order valence-corrected chi connectivity index (χ4v) is 9.02. The molecule has 0 spiro atoms. The highest BCUT2D eigenvalue weighted by Gasteiger charge is 2.22. The summed E-state index contributed by atoms with van der Waals surface area (Å²) in [6, 6.07) is 83.7. The lowest BCUT2D eigenvalue weighted by molar-refractivity contribution is 1.18. The van der Waals surface area contributed by atoms with Crippen LogP contribution in [0.4, 0.5) is 17.1 Å². The van der Waals surface area contributed by atoms with Gasteiger partial charge in [0.05, 0.1) is 22.4 Å². The van der Waals surface area contributed by atoms with E-state index in [0.717, 1.165) is 22.7 Å². The topological polar surface area (TPSA) is 8.17 Å². The quantitative estimate of drug-likeness (QED) is 0.158. The summed E-state index contributed by atoms with van der Waals surface area (Å²) in [6.07, 6.45) is 0. The SMILES string of the molecule is c1ccc(-c2cccc3cccc(-c4ccccc4N(c4ccc(-c5cccc6c7ccccc7n(-c7ccccc7)c56)cc4)c4cccc5ccccc45)c23)cc1. The molecule has 10 aromatic carbocycles. The molecule has 0 radical (unpaired) electrons. The average Bonchev–Trinajstić information content (AvgIpc) is 3.64. The van der Waals surface area contributed by atoms with E-state index < -0.39 is 0 Å². The summed E-state index contributed by atoms with van der Waals surface area (Å²) < 4.78 is 2.42. The summed E-state index contributed by atoms with van der Waals surface area (Å²) in [6.45, 7) is 0. The molecule has 0 atom stereocenters. The molecule has 11 rings (SSSR count). The normalized spacial score (nSPS) is 11.4. The number of nitrogens with zero attached hydrogens (tertiary/aromatic N) is 2. The number of hydrogen-bond acceptors (Lipinski definition) is 1. The Balaban J connectivity index is 1.13. The molecule has 0 amide bonds. The highest BCUT2D eigenvalue weighted by molar-refractivity contribution is 6.14. The third kappa shape index (κ3) is 5.57. The highest BCUT2D eigenvalue weighted by atomic mass is 15.1. The second kappa shape index (κ2) is 14.1. The van der Waals surface area contributed by atoms with Gasteiger partial charge in [-0.25, -0.2) is 0 Å². The van der Waals surface area contributed by atoms with Gasteiger partial charge in [0.1, 0.15) is 0 Å². The van der Waals surface area contributed by atoms with Crippen LogP contribution in [0, 0.1) is 0 Å². The van der Waals surface area contributed by atoms with E-state index in [1.807, 2.05) is 0 Å². The van der Waals surface area contributed by atoms with Crippen LogP contribution >= 0.6 is 0 Å². The van der Waals surface area contributed by atoms with E-state index in [0.29, 0.717) is 0 Å². The molecule has 0 bridgehead atoms. The van der Waals surface area contributed by atoms with Gasteiger partial charge in [-0.3, -0.25) is 0 Å². The molecule has 2 nitrogen and oxygen atoms in total. The van der Waals surface area contributed by atoms with Crippen LogP contribution in [0.15, 0.2) is 231 Å². The van der Waals surface area contributed by atoms with E-state index in [1.165, 1.54) is 76.7 Å². The molecule has 0 aliphatic heterocycles. The monoisotopic (exact) mass is 738 g/mol. The molecule has 0 aliphatic rings. The third-order valence-electron chi connectivity index (χ3n) is 11.6. The minimum Gasteiger partial charge on any atom is -0.309 e. The highest BCUT2D eigenvalue weighted by Crippen LogP contribution is 2.47. The molecule has 0 unspecified atom stereocenters. The van der Waals surface area contributed by atoms with Gasteiger partial charge < -0.3 is 9.47 Å². The van der Waals surface area contributed by atoms with Gasteiger partial charge in [-0.05, 0) is 80.9 Å². The van der Waals surface area contributed by atoms with Crippen LogP contribution in [0.2, 0.25) is 0 Å². The van der Waals surface area contributed by atoms with Crippen LogP contribution in [0.25, 0.3) is 82.4 Å². The zero-order valence-electron chi connectivity index (χ0n) is 31.8. The number of hydrogen-bond donors (Lipinski definition) is 0. The summed E-state index contributed by atoms with van der Waals surface area (Å²) in [5.41, 5.74) is 14.1. The first-order chi connectivity index (χ1) is 28.8. The molecule has 2 heteroatoms. The van der Waals surface area contributed by atoms with Crippen LogP contribution in [-0.4, -0.2) is 4.57 Å². The van der Waals surface area contributed by atoms with Gasteiger partial charge in [-0.1, -0.05) is 188 Å². The molecular weight excluding hydrogens is 701 g/mol. The molecule has 272 valence electrons. The summed E-state index contributed by atoms with van der Waals surface area (Å²) >= 11 is 0. The standard InChI is InChI=1S/C56H38N2/c1-3-17-40(18-4-1)46-28-13-21-42-22-14-30-50(55(42)46)48-26-9-11-32-53(48)57(52-34-15-20-39-19-7-8-25-45(39)52)44-37-35-41(36-38-44)47-29-16-31-51-49-27-10-12-33-54(49)58(56(47)51)43-23-5-2-6-24-43/h1-38H. The summed E-state index contributed by atoms with van der Waals surface area (Å²) in [4.78, 5) is 2.45. The van der Waals surface area contributed by atoms with Crippen LogP contribution in [0.1, 0.15) is 0 Å². The van der Waals surface area contributed by atoms with Gasteiger partial charge >= 0.3 is 0 Å². The first kappa shape index (κ1) is 33.6. The van der Waals surface area contributed by atoms with Gasteiger partial charge in [0, 0.05) is 38.7 Å². The molecule has 0 N–H and O–H groups in total. The number of rotatable bonds is 7. The maximum absolute atomic E-state index is 2.45. The van der Waals surface area contributed by atoms with Crippen molar-refractivity contribution in [1.29, 1.82) is 0 Å². The van der Waals surface area contributed by atoms with E-state index in [-0.39, 0.29) is 0 Å². The Morgan fingerprint density at radius 2 is 0.845 bits per heavy atom. The Morgan fingerprint density at radius 1 is 0.310 bits per heavy atom. The Kier molecular flexibility index (Phi) is 8.19. The van der Waals surface area contributed by atoms with Gasteiger partial charge in [0.15, 0.2) is 0 Å². The molecular formula is C56H38N2. The molecule has 0 fully saturated rings. The van der Waals surface area contributed by atoms with E-state index in [9.17, 15) is 0 Å². The fourth-order valence-electron chi connectivity index (χ4n) is 9.02. The molecule has 11 aromatic rings. The molecule has 58 heavy (non-hydrogen) atoms. The van der Waals surface area contributed by atoms with E-state index in [1.54, 1.807) is 0 Å². The van der Waals surface area contributed by atoms with Crippen LogP contribution in [0.3, 0.4) is 0 Å². The maximum Gasteiger partial charge on any atom is 0.0619 e. The smallest absolute Gasteiger partial charge is 0.0619 e. The minimum atomic E-state index is 1.09. The van der Waals surface area contributed by atoms with E-state index in [2.05, 4.69) is 240 Å². The number of fused-ring (bicyclic) bond motifs is 5. The predicted octanol–water partition coefficient (Wildman–Crippen LogP) is 15.6. The first-order valence-corrected chi connectivity index (χ1v) is 19.9. The van der Waals surface area contributed by atoms with Crippen molar-refractivity contribution in [1.82, 2.24) is 4.57 Å². The van der Waals surface area contributed by atoms with Crippen molar-refractivity contribution < 1.29 is 0 Å². The van der Waals surface area contributed by atoms with Crippen molar-refractivity contribution in [2.24, 2.45) is 0 Å². The van der Waals surface area contributed by atoms with Crippen LogP contribution in [-0.2, 0) is 0 Å². The second-order valence-corrected chi connectivity index (χ2v) is 14.9.